The summed E-state index contributed by atoms with van der Waals surface area (Å²) < 4.78 is 5.44. The largest absolute Gasteiger partial charge is 0.444 e. The number of aromatic amines is 1. The van der Waals surface area contributed by atoms with Crippen molar-refractivity contribution in [2.24, 2.45) is 0 Å². The number of likely N-dealkylation sites (N-methyl/N-ethyl adjacent to an activating group) is 1. The van der Waals surface area contributed by atoms with Crippen molar-refractivity contribution < 1.29 is 14.3 Å². The minimum absolute atomic E-state index is 0.0102. The van der Waals surface area contributed by atoms with Crippen LogP contribution in [0, 0.1) is 0 Å². The highest BCUT2D eigenvalue weighted by atomic mass is 16.6. The number of carbonyl (C=O) groups excluding carboxylic acids is 2. The Bertz CT molecular complexity index is 671. The van der Waals surface area contributed by atoms with Crippen LogP contribution in [-0.2, 0) is 17.7 Å². The Hall–Kier alpha value is -2.09. The number of fused-ring (bicyclic) bond motifs is 1. The van der Waals surface area contributed by atoms with Gasteiger partial charge < -0.3 is 19.4 Å². The van der Waals surface area contributed by atoms with Crippen molar-refractivity contribution in [3.8, 4) is 0 Å². The maximum absolute atomic E-state index is 12.9. The van der Waals surface area contributed by atoms with Gasteiger partial charge in [0.2, 0.25) is 0 Å². The van der Waals surface area contributed by atoms with Crippen LogP contribution in [0.1, 0.15) is 49.4 Å². The Labute approximate surface area is 154 Å². The van der Waals surface area contributed by atoms with E-state index in [0.29, 0.717) is 25.2 Å². The molecule has 3 heterocycles. The smallest absolute Gasteiger partial charge is 0.410 e. The molecule has 1 aromatic heterocycles. The molecule has 2 amide bonds. The number of hydrogen-bond donors (Lipinski definition) is 1. The van der Waals surface area contributed by atoms with Gasteiger partial charge in [0, 0.05) is 38.3 Å². The summed E-state index contributed by atoms with van der Waals surface area (Å²) in [5, 5.41) is 7.23. The Morgan fingerprint density at radius 3 is 2.42 bits per heavy atom. The van der Waals surface area contributed by atoms with E-state index in [1.54, 1.807) is 4.90 Å². The average molecular weight is 363 g/mol. The summed E-state index contributed by atoms with van der Waals surface area (Å²) in [4.78, 5) is 31.0. The van der Waals surface area contributed by atoms with E-state index in [-0.39, 0.29) is 12.0 Å². The first-order valence-electron chi connectivity index (χ1n) is 9.34. The first-order chi connectivity index (χ1) is 12.3. The van der Waals surface area contributed by atoms with Gasteiger partial charge in [-0.2, -0.15) is 5.10 Å². The summed E-state index contributed by atoms with van der Waals surface area (Å²) in [6, 6.07) is 0. The number of piperazine rings is 1. The van der Waals surface area contributed by atoms with Crippen LogP contribution in [0.3, 0.4) is 0 Å². The normalized spacial score (nSPS) is 18.6. The third kappa shape index (κ3) is 4.00. The Kier molecular flexibility index (Phi) is 5.22. The summed E-state index contributed by atoms with van der Waals surface area (Å²) in [5.41, 5.74) is 1.76. The topological polar surface area (TPSA) is 81.8 Å². The summed E-state index contributed by atoms with van der Waals surface area (Å²) in [6.07, 6.45) is 0.280. The van der Waals surface area contributed by atoms with Gasteiger partial charge in [0.1, 0.15) is 5.60 Å². The number of nitrogens with zero attached hydrogens (tertiary/aromatic N) is 4. The summed E-state index contributed by atoms with van der Waals surface area (Å²) in [6.45, 7) is 12.9. The molecular formula is C18H29N5O3. The van der Waals surface area contributed by atoms with E-state index >= 15 is 0 Å². The fraction of sp³-hybridized carbons (Fsp3) is 0.722. The third-order valence-corrected chi connectivity index (χ3v) is 4.89. The van der Waals surface area contributed by atoms with Crippen molar-refractivity contribution in [1.29, 1.82) is 0 Å². The van der Waals surface area contributed by atoms with Gasteiger partial charge in [0.05, 0.1) is 12.2 Å². The van der Waals surface area contributed by atoms with E-state index in [2.05, 4.69) is 22.0 Å². The van der Waals surface area contributed by atoms with Gasteiger partial charge in [-0.25, -0.2) is 4.79 Å². The summed E-state index contributed by atoms with van der Waals surface area (Å²) in [7, 11) is 0. The number of nitrogens with one attached hydrogen (secondary N) is 1. The first kappa shape index (κ1) is 18.7. The van der Waals surface area contributed by atoms with Gasteiger partial charge in [0.15, 0.2) is 5.69 Å². The summed E-state index contributed by atoms with van der Waals surface area (Å²) >= 11 is 0. The van der Waals surface area contributed by atoms with Crippen LogP contribution in [0.15, 0.2) is 0 Å². The molecule has 3 rings (SSSR count). The number of ether oxygens (including phenoxy) is 1. The molecule has 0 spiro atoms. The molecule has 0 aromatic carbocycles. The highest BCUT2D eigenvalue weighted by molar-refractivity contribution is 5.94. The highest BCUT2D eigenvalue weighted by Crippen LogP contribution is 2.23. The van der Waals surface area contributed by atoms with Crippen LogP contribution in [0.5, 0.6) is 0 Å². The molecule has 26 heavy (non-hydrogen) atoms. The van der Waals surface area contributed by atoms with Gasteiger partial charge >= 0.3 is 6.09 Å². The lowest BCUT2D eigenvalue weighted by molar-refractivity contribution is 0.0221. The molecule has 0 radical (unpaired) electrons. The van der Waals surface area contributed by atoms with Crippen molar-refractivity contribution in [2.45, 2.75) is 46.3 Å². The SMILES string of the molecule is CCN1CCN(C(=O)c2n[nH]c3c2CCN(C(=O)OC(C)(C)C)C3)CC1. The number of amides is 2. The predicted octanol–water partition coefficient (Wildman–Crippen LogP) is 1.48. The Balaban J connectivity index is 1.66. The number of rotatable bonds is 2. The lowest BCUT2D eigenvalue weighted by atomic mass is 10.0. The second-order valence-corrected chi connectivity index (χ2v) is 7.91. The van der Waals surface area contributed by atoms with E-state index in [0.717, 1.165) is 44.0 Å². The third-order valence-electron chi connectivity index (χ3n) is 4.89. The predicted molar refractivity (Wildman–Crippen MR) is 97.0 cm³/mol. The molecule has 1 aromatic rings. The van der Waals surface area contributed by atoms with Crippen molar-refractivity contribution in [1.82, 2.24) is 24.9 Å². The number of carbonyl (C=O) groups is 2. The summed E-state index contributed by atoms with van der Waals surface area (Å²) in [5.74, 6) is -0.0102. The molecule has 1 N–H and O–H groups in total. The van der Waals surface area contributed by atoms with Gasteiger partial charge in [-0.1, -0.05) is 6.92 Å². The van der Waals surface area contributed by atoms with E-state index in [1.807, 2.05) is 25.7 Å². The van der Waals surface area contributed by atoms with Crippen LogP contribution in [0.2, 0.25) is 0 Å². The molecular weight excluding hydrogens is 334 g/mol. The second kappa shape index (κ2) is 7.26. The van der Waals surface area contributed by atoms with Crippen molar-refractivity contribution in [3.05, 3.63) is 17.0 Å². The van der Waals surface area contributed by atoms with Crippen LogP contribution in [0.25, 0.3) is 0 Å². The fourth-order valence-corrected chi connectivity index (χ4v) is 3.39. The fourth-order valence-electron chi connectivity index (χ4n) is 3.39. The molecule has 0 saturated carbocycles. The van der Waals surface area contributed by atoms with Crippen molar-refractivity contribution in [2.75, 3.05) is 39.3 Å². The molecule has 8 heteroatoms. The molecule has 1 saturated heterocycles. The van der Waals surface area contributed by atoms with E-state index in [9.17, 15) is 9.59 Å². The Morgan fingerprint density at radius 2 is 1.81 bits per heavy atom. The molecule has 2 aliphatic rings. The highest BCUT2D eigenvalue weighted by Gasteiger charge is 2.32. The van der Waals surface area contributed by atoms with Crippen LogP contribution < -0.4 is 0 Å². The molecule has 8 nitrogen and oxygen atoms in total. The molecule has 144 valence electrons. The lowest BCUT2D eigenvalue weighted by Gasteiger charge is -2.34. The number of aromatic nitrogens is 2. The van der Waals surface area contributed by atoms with Crippen LogP contribution >= 0.6 is 0 Å². The second-order valence-electron chi connectivity index (χ2n) is 7.91. The quantitative estimate of drug-likeness (QED) is 0.861. The molecule has 1 fully saturated rings. The minimum Gasteiger partial charge on any atom is -0.444 e. The first-order valence-corrected chi connectivity index (χ1v) is 9.34. The van der Waals surface area contributed by atoms with Gasteiger partial charge in [-0.15, -0.1) is 0 Å². The number of H-pyrrole nitrogens is 1. The van der Waals surface area contributed by atoms with E-state index < -0.39 is 5.60 Å². The maximum atomic E-state index is 12.9. The van der Waals surface area contributed by atoms with E-state index in [1.165, 1.54) is 0 Å². The molecule has 0 unspecified atom stereocenters. The van der Waals surface area contributed by atoms with Crippen molar-refractivity contribution >= 4 is 12.0 Å². The maximum Gasteiger partial charge on any atom is 0.410 e. The lowest BCUT2D eigenvalue weighted by Crippen LogP contribution is -2.48. The molecule has 2 aliphatic heterocycles. The van der Waals surface area contributed by atoms with Gasteiger partial charge in [-0.3, -0.25) is 9.89 Å². The molecule has 0 atom stereocenters. The zero-order chi connectivity index (χ0) is 18.9. The van der Waals surface area contributed by atoms with Gasteiger partial charge in [-0.05, 0) is 33.7 Å². The minimum atomic E-state index is -0.521. The molecule has 0 aliphatic carbocycles. The molecule has 0 bridgehead atoms. The van der Waals surface area contributed by atoms with E-state index in [4.69, 9.17) is 4.74 Å². The van der Waals surface area contributed by atoms with Gasteiger partial charge in [0.25, 0.3) is 5.91 Å². The van der Waals surface area contributed by atoms with Crippen LogP contribution in [-0.4, -0.2) is 81.8 Å². The van der Waals surface area contributed by atoms with Crippen LogP contribution in [0.4, 0.5) is 4.79 Å². The average Bonchev–Trinajstić information content (AvgIpc) is 3.03. The zero-order valence-corrected chi connectivity index (χ0v) is 16.2. The number of hydrogen-bond acceptors (Lipinski definition) is 5. The zero-order valence-electron chi connectivity index (χ0n) is 16.2. The monoisotopic (exact) mass is 363 g/mol. The standard InChI is InChI=1S/C18H29N5O3/c1-5-21-8-10-22(11-9-21)16(24)15-13-6-7-23(12-14(13)19-20-15)17(25)26-18(2,3)4/h5-12H2,1-4H3,(H,19,20). The Morgan fingerprint density at radius 1 is 1.12 bits per heavy atom. The van der Waals surface area contributed by atoms with Crippen molar-refractivity contribution in [3.63, 3.8) is 0 Å².